The van der Waals surface area contributed by atoms with Crippen molar-refractivity contribution in [2.24, 2.45) is 0 Å². The number of carbonyl (C=O) groups is 1. The first-order chi connectivity index (χ1) is 9.31. The summed E-state index contributed by atoms with van der Waals surface area (Å²) in [5.41, 5.74) is 0.749. The van der Waals surface area contributed by atoms with Crippen LogP contribution in [0.15, 0.2) is 18.3 Å². The Bertz CT molecular complexity index is 419. The maximum absolute atomic E-state index is 11.7. The topological polar surface area (TPSA) is 66.5 Å². The van der Waals surface area contributed by atoms with Crippen LogP contribution in [-0.2, 0) is 4.74 Å². The molecule has 0 atom stereocenters. The molecule has 2 amide bonds. The van der Waals surface area contributed by atoms with Crippen molar-refractivity contribution in [1.29, 1.82) is 0 Å². The van der Waals surface area contributed by atoms with Gasteiger partial charge in [-0.05, 0) is 25.0 Å². The van der Waals surface area contributed by atoms with Crippen molar-refractivity contribution in [3.05, 3.63) is 18.3 Å². The number of amides is 2. The zero-order valence-corrected chi connectivity index (χ0v) is 11.2. The Balaban J connectivity index is 1.97. The SMILES string of the molecule is COCCNC(=O)Nc1cccnc1N1CCCC1. The lowest BCUT2D eigenvalue weighted by molar-refractivity contribution is 0.198. The molecule has 0 bridgehead atoms. The molecule has 104 valence electrons. The third-order valence-corrected chi connectivity index (χ3v) is 3.03. The van der Waals surface area contributed by atoms with Gasteiger partial charge < -0.3 is 20.3 Å². The molecule has 1 aliphatic heterocycles. The van der Waals surface area contributed by atoms with Gasteiger partial charge in [-0.3, -0.25) is 0 Å². The first-order valence-electron chi connectivity index (χ1n) is 6.55. The van der Waals surface area contributed by atoms with Crippen LogP contribution < -0.4 is 15.5 Å². The van der Waals surface area contributed by atoms with E-state index in [0.29, 0.717) is 13.2 Å². The van der Waals surface area contributed by atoms with E-state index in [2.05, 4.69) is 20.5 Å². The fourth-order valence-corrected chi connectivity index (χ4v) is 2.11. The van der Waals surface area contributed by atoms with Gasteiger partial charge in [-0.2, -0.15) is 0 Å². The Kier molecular flexibility index (Phi) is 4.97. The Morgan fingerprint density at radius 1 is 1.47 bits per heavy atom. The number of hydrogen-bond acceptors (Lipinski definition) is 4. The summed E-state index contributed by atoms with van der Waals surface area (Å²) in [6.07, 6.45) is 4.10. The second kappa shape index (κ2) is 6.94. The minimum absolute atomic E-state index is 0.231. The van der Waals surface area contributed by atoms with Crippen LogP contribution in [0.2, 0.25) is 0 Å². The lowest BCUT2D eigenvalue weighted by atomic mass is 10.3. The summed E-state index contributed by atoms with van der Waals surface area (Å²) in [6.45, 7) is 2.98. The van der Waals surface area contributed by atoms with E-state index in [9.17, 15) is 4.79 Å². The first kappa shape index (κ1) is 13.6. The van der Waals surface area contributed by atoms with Crippen LogP contribution in [0.1, 0.15) is 12.8 Å². The summed E-state index contributed by atoms with van der Waals surface area (Å²) in [5, 5.41) is 5.57. The molecule has 19 heavy (non-hydrogen) atoms. The van der Waals surface area contributed by atoms with Gasteiger partial charge in [0.2, 0.25) is 0 Å². The highest BCUT2D eigenvalue weighted by atomic mass is 16.5. The van der Waals surface area contributed by atoms with Crippen molar-refractivity contribution in [1.82, 2.24) is 10.3 Å². The van der Waals surface area contributed by atoms with Gasteiger partial charge in [0.1, 0.15) is 0 Å². The number of carbonyl (C=O) groups excluding carboxylic acids is 1. The number of methoxy groups -OCH3 is 1. The van der Waals surface area contributed by atoms with E-state index in [-0.39, 0.29) is 6.03 Å². The molecule has 1 aliphatic rings. The fraction of sp³-hybridized carbons (Fsp3) is 0.538. The molecule has 0 unspecified atom stereocenters. The molecule has 2 rings (SSSR count). The molecule has 1 aromatic heterocycles. The van der Waals surface area contributed by atoms with Gasteiger partial charge in [0.05, 0.1) is 12.3 Å². The van der Waals surface area contributed by atoms with Crippen LogP contribution in [0.4, 0.5) is 16.3 Å². The van der Waals surface area contributed by atoms with E-state index in [1.54, 1.807) is 13.3 Å². The lowest BCUT2D eigenvalue weighted by Gasteiger charge is -2.20. The third-order valence-electron chi connectivity index (χ3n) is 3.03. The number of pyridine rings is 1. The largest absolute Gasteiger partial charge is 0.383 e. The zero-order chi connectivity index (χ0) is 13.5. The Morgan fingerprint density at radius 3 is 3.00 bits per heavy atom. The average Bonchev–Trinajstić information content (AvgIpc) is 2.93. The standard InChI is InChI=1S/C13H20N4O2/c1-19-10-7-15-13(18)16-11-5-4-6-14-12(11)17-8-2-3-9-17/h4-6H,2-3,7-10H2,1H3,(H2,15,16,18). The van der Waals surface area contributed by atoms with Gasteiger partial charge in [0, 0.05) is 32.9 Å². The highest BCUT2D eigenvalue weighted by Gasteiger charge is 2.17. The van der Waals surface area contributed by atoms with E-state index in [4.69, 9.17) is 4.74 Å². The van der Waals surface area contributed by atoms with E-state index in [1.807, 2.05) is 12.1 Å². The number of urea groups is 1. The Labute approximate surface area is 113 Å². The molecule has 0 saturated carbocycles. The molecule has 0 aliphatic carbocycles. The number of nitrogens with one attached hydrogen (secondary N) is 2. The normalized spacial score (nSPS) is 14.5. The molecule has 0 aromatic carbocycles. The molecular formula is C13H20N4O2. The predicted octanol–water partition coefficient (Wildman–Crippen LogP) is 1.45. The van der Waals surface area contributed by atoms with Crippen LogP contribution in [-0.4, -0.2) is 44.4 Å². The van der Waals surface area contributed by atoms with Gasteiger partial charge in [0.25, 0.3) is 0 Å². The zero-order valence-electron chi connectivity index (χ0n) is 11.2. The highest BCUT2D eigenvalue weighted by molar-refractivity contribution is 5.92. The summed E-state index contributed by atoms with van der Waals surface area (Å²) in [5.74, 6) is 0.849. The first-order valence-corrected chi connectivity index (χ1v) is 6.55. The van der Waals surface area contributed by atoms with Gasteiger partial charge in [-0.25, -0.2) is 9.78 Å². The van der Waals surface area contributed by atoms with Gasteiger partial charge >= 0.3 is 6.03 Å². The van der Waals surface area contributed by atoms with Crippen molar-refractivity contribution < 1.29 is 9.53 Å². The van der Waals surface area contributed by atoms with Crippen molar-refractivity contribution in [3.8, 4) is 0 Å². The van der Waals surface area contributed by atoms with Crippen LogP contribution in [0.3, 0.4) is 0 Å². The lowest BCUT2D eigenvalue weighted by Crippen LogP contribution is -2.32. The molecule has 6 nitrogen and oxygen atoms in total. The predicted molar refractivity (Wildman–Crippen MR) is 74.6 cm³/mol. The van der Waals surface area contributed by atoms with E-state index in [1.165, 1.54) is 12.8 Å². The van der Waals surface area contributed by atoms with E-state index >= 15 is 0 Å². The van der Waals surface area contributed by atoms with Gasteiger partial charge in [-0.1, -0.05) is 0 Å². The van der Waals surface area contributed by atoms with Crippen molar-refractivity contribution in [2.45, 2.75) is 12.8 Å². The molecular weight excluding hydrogens is 244 g/mol. The van der Waals surface area contributed by atoms with Crippen LogP contribution in [0, 0.1) is 0 Å². The smallest absolute Gasteiger partial charge is 0.319 e. The Hall–Kier alpha value is -1.82. The second-order valence-corrected chi connectivity index (χ2v) is 4.44. The number of nitrogens with zero attached hydrogens (tertiary/aromatic N) is 2. The summed E-state index contributed by atoms with van der Waals surface area (Å²) in [6, 6.07) is 3.46. The molecule has 1 aromatic rings. The molecule has 2 heterocycles. The van der Waals surface area contributed by atoms with Crippen molar-refractivity contribution >= 4 is 17.5 Å². The summed E-state index contributed by atoms with van der Waals surface area (Å²) in [7, 11) is 1.60. The average molecular weight is 264 g/mol. The van der Waals surface area contributed by atoms with E-state index in [0.717, 1.165) is 24.6 Å². The number of rotatable bonds is 5. The molecule has 6 heteroatoms. The molecule has 1 saturated heterocycles. The summed E-state index contributed by atoms with van der Waals surface area (Å²) >= 11 is 0. The monoisotopic (exact) mass is 264 g/mol. The maximum atomic E-state index is 11.7. The summed E-state index contributed by atoms with van der Waals surface area (Å²) < 4.78 is 4.88. The van der Waals surface area contributed by atoms with Crippen LogP contribution in [0.25, 0.3) is 0 Å². The van der Waals surface area contributed by atoms with Gasteiger partial charge in [-0.15, -0.1) is 0 Å². The van der Waals surface area contributed by atoms with Crippen molar-refractivity contribution in [3.63, 3.8) is 0 Å². The van der Waals surface area contributed by atoms with E-state index < -0.39 is 0 Å². The quantitative estimate of drug-likeness (QED) is 0.790. The second-order valence-electron chi connectivity index (χ2n) is 4.44. The number of aromatic nitrogens is 1. The van der Waals surface area contributed by atoms with Crippen LogP contribution >= 0.6 is 0 Å². The maximum Gasteiger partial charge on any atom is 0.319 e. The number of hydrogen-bond donors (Lipinski definition) is 2. The highest BCUT2D eigenvalue weighted by Crippen LogP contribution is 2.25. The molecule has 2 N–H and O–H groups in total. The molecule has 0 radical (unpaired) electrons. The van der Waals surface area contributed by atoms with Gasteiger partial charge in [0.15, 0.2) is 5.82 Å². The minimum atomic E-state index is -0.231. The third kappa shape index (κ3) is 3.82. The molecule has 1 fully saturated rings. The Morgan fingerprint density at radius 2 is 2.26 bits per heavy atom. The van der Waals surface area contributed by atoms with Crippen molar-refractivity contribution in [2.75, 3.05) is 43.6 Å². The van der Waals surface area contributed by atoms with Crippen LogP contribution in [0.5, 0.6) is 0 Å². The minimum Gasteiger partial charge on any atom is -0.383 e. The summed E-state index contributed by atoms with van der Waals surface area (Å²) in [4.78, 5) is 18.3. The fourth-order valence-electron chi connectivity index (χ4n) is 2.11. The number of anilines is 2. The molecule has 0 spiro atoms. The number of ether oxygens (including phenoxy) is 1.